The molecule has 1 aromatic carbocycles. The van der Waals surface area contributed by atoms with E-state index in [2.05, 4.69) is 0 Å². The minimum atomic E-state index is -5.03. The summed E-state index contributed by atoms with van der Waals surface area (Å²) < 4.78 is 61.8. The largest absolute Gasteiger partial charge is 1.00 e. The van der Waals surface area contributed by atoms with Crippen LogP contribution in [0.4, 0.5) is 21.7 Å². The van der Waals surface area contributed by atoms with Crippen LogP contribution < -0.4 is 56.8 Å². The van der Waals surface area contributed by atoms with E-state index in [1.54, 1.807) is 0 Å². The third-order valence-electron chi connectivity index (χ3n) is 2.54. The van der Waals surface area contributed by atoms with E-state index in [-0.39, 0.29) is 63.4 Å². The van der Waals surface area contributed by atoms with Crippen molar-refractivity contribution in [1.29, 1.82) is 0 Å². The smallest absolute Gasteiger partial charge is 0.445 e. The van der Waals surface area contributed by atoms with Gasteiger partial charge in [0.1, 0.15) is 0 Å². The van der Waals surface area contributed by atoms with Gasteiger partial charge in [-0.1, -0.05) is 24.3 Å². The predicted octanol–water partition coefficient (Wildman–Crippen LogP) is -0.132. The van der Waals surface area contributed by atoms with Crippen molar-refractivity contribution in [3.63, 3.8) is 0 Å². The molecule has 0 saturated heterocycles. The second-order valence-electron chi connectivity index (χ2n) is 3.76. The van der Waals surface area contributed by atoms with Crippen LogP contribution in [-0.2, 0) is 0 Å². The third-order valence-corrected chi connectivity index (χ3v) is 2.54. The molecule has 1 aliphatic carbocycles. The standard InChI is InChI=1S/C9H7BF5.K/c11-9(12)5-8(9)6-1-3-7(4-2-6)10(13,14)15;/h1-4,8H,5H2;/q-1;+1. The summed E-state index contributed by atoms with van der Waals surface area (Å²) in [7, 11) is 0. The summed E-state index contributed by atoms with van der Waals surface area (Å²) in [5.74, 6) is -3.63. The summed E-state index contributed by atoms with van der Waals surface area (Å²) >= 11 is 0. The molecule has 0 radical (unpaired) electrons. The Labute approximate surface area is 132 Å². The van der Waals surface area contributed by atoms with Crippen molar-refractivity contribution >= 4 is 12.4 Å². The van der Waals surface area contributed by atoms with E-state index < -0.39 is 24.3 Å². The molecule has 0 amide bonds. The first-order valence-corrected chi connectivity index (χ1v) is 4.48. The zero-order valence-electron chi connectivity index (χ0n) is 8.56. The Morgan fingerprint density at radius 2 is 1.50 bits per heavy atom. The van der Waals surface area contributed by atoms with Gasteiger partial charge in [-0.2, -0.15) is 0 Å². The first-order chi connectivity index (χ1) is 6.81. The average Bonchev–Trinajstić information content (AvgIpc) is 2.74. The Morgan fingerprint density at radius 3 is 1.81 bits per heavy atom. The van der Waals surface area contributed by atoms with Gasteiger partial charge in [0.2, 0.25) is 0 Å². The molecule has 16 heavy (non-hydrogen) atoms. The molecule has 0 N–H and O–H groups in total. The van der Waals surface area contributed by atoms with Gasteiger partial charge in [-0.3, -0.25) is 0 Å². The van der Waals surface area contributed by atoms with Crippen LogP contribution in [0.3, 0.4) is 0 Å². The van der Waals surface area contributed by atoms with Crippen molar-refractivity contribution in [2.75, 3.05) is 0 Å². The fourth-order valence-electron chi connectivity index (χ4n) is 1.52. The minimum Gasteiger partial charge on any atom is -0.445 e. The van der Waals surface area contributed by atoms with Crippen LogP contribution >= 0.6 is 0 Å². The Morgan fingerprint density at radius 1 is 1.06 bits per heavy atom. The molecule has 2 rings (SSSR count). The number of rotatable bonds is 2. The topological polar surface area (TPSA) is 0 Å². The predicted molar refractivity (Wildman–Crippen MR) is 47.5 cm³/mol. The molecule has 0 aliphatic heterocycles. The van der Waals surface area contributed by atoms with E-state index in [1.807, 2.05) is 0 Å². The first kappa shape index (κ1) is 14.6. The van der Waals surface area contributed by atoms with E-state index >= 15 is 0 Å². The van der Waals surface area contributed by atoms with Gasteiger partial charge in [-0.15, -0.1) is 5.46 Å². The van der Waals surface area contributed by atoms with E-state index in [4.69, 9.17) is 0 Å². The van der Waals surface area contributed by atoms with Crippen molar-refractivity contribution in [2.24, 2.45) is 0 Å². The molecule has 1 aliphatic rings. The van der Waals surface area contributed by atoms with Crippen molar-refractivity contribution < 1.29 is 73.1 Å². The van der Waals surface area contributed by atoms with Crippen LogP contribution in [0.25, 0.3) is 0 Å². The van der Waals surface area contributed by atoms with Gasteiger partial charge >= 0.3 is 58.4 Å². The van der Waals surface area contributed by atoms with Crippen LogP contribution in [0, 0.1) is 0 Å². The maximum atomic E-state index is 12.6. The second-order valence-corrected chi connectivity index (χ2v) is 3.76. The maximum Gasteiger partial charge on any atom is 1.00 e. The van der Waals surface area contributed by atoms with E-state index in [1.165, 1.54) is 0 Å². The zero-order valence-corrected chi connectivity index (χ0v) is 11.7. The zero-order chi connectivity index (χ0) is 11.3. The van der Waals surface area contributed by atoms with Crippen LogP contribution in [0.15, 0.2) is 24.3 Å². The van der Waals surface area contributed by atoms with Gasteiger partial charge in [0.15, 0.2) is 0 Å². The SMILES string of the molecule is F[B-](F)(F)c1ccc(C2CC2(F)F)cc1.[K+]. The summed E-state index contributed by atoms with van der Waals surface area (Å²) in [4.78, 5) is 0. The monoisotopic (exact) mass is 260 g/mol. The molecule has 1 saturated carbocycles. The Kier molecular flexibility index (Phi) is 4.28. The molecule has 0 bridgehead atoms. The number of alkyl halides is 2. The van der Waals surface area contributed by atoms with E-state index in [9.17, 15) is 21.7 Å². The molecule has 0 heterocycles. The summed E-state index contributed by atoms with van der Waals surface area (Å²) in [5, 5.41) is 0. The van der Waals surface area contributed by atoms with E-state index in [0.717, 1.165) is 24.3 Å². The number of hydrogen-bond donors (Lipinski definition) is 0. The van der Waals surface area contributed by atoms with Crippen molar-refractivity contribution in [3.05, 3.63) is 29.8 Å². The van der Waals surface area contributed by atoms with Crippen molar-refractivity contribution in [3.8, 4) is 0 Å². The van der Waals surface area contributed by atoms with Gasteiger partial charge in [0.05, 0.1) is 5.92 Å². The fraction of sp³-hybridized carbons (Fsp3) is 0.333. The average molecular weight is 260 g/mol. The van der Waals surface area contributed by atoms with Gasteiger partial charge in [-0.25, -0.2) is 8.78 Å². The summed E-state index contributed by atoms with van der Waals surface area (Å²) in [6.07, 6.45) is -0.260. The molecular formula is C9H7BF5K. The molecule has 1 aromatic rings. The summed E-state index contributed by atoms with van der Waals surface area (Å²) in [6, 6.07) is 4.00. The Hall–Kier alpha value is 0.571. The number of benzene rings is 1. The molecule has 1 atom stereocenters. The first-order valence-electron chi connectivity index (χ1n) is 4.48. The molecule has 7 heteroatoms. The van der Waals surface area contributed by atoms with Crippen LogP contribution in [0.2, 0.25) is 0 Å². The number of hydrogen-bond acceptors (Lipinski definition) is 0. The molecule has 1 unspecified atom stereocenters. The second kappa shape index (κ2) is 4.68. The van der Waals surface area contributed by atoms with E-state index in [0.29, 0.717) is 0 Å². The van der Waals surface area contributed by atoms with Gasteiger partial charge in [0.25, 0.3) is 5.92 Å². The number of halogens is 5. The van der Waals surface area contributed by atoms with Crippen LogP contribution in [0.5, 0.6) is 0 Å². The Bertz CT molecular complexity index is 372. The Balaban J connectivity index is 0.00000128. The quantitative estimate of drug-likeness (QED) is 0.513. The van der Waals surface area contributed by atoms with Crippen LogP contribution in [-0.4, -0.2) is 12.9 Å². The molecule has 82 valence electrons. The fourth-order valence-corrected chi connectivity index (χ4v) is 1.52. The van der Waals surface area contributed by atoms with Crippen molar-refractivity contribution in [2.45, 2.75) is 18.3 Å². The third kappa shape index (κ3) is 3.07. The maximum absolute atomic E-state index is 12.6. The van der Waals surface area contributed by atoms with Gasteiger partial charge in [-0.05, 0) is 5.56 Å². The molecule has 1 fully saturated rings. The van der Waals surface area contributed by atoms with Gasteiger partial charge < -0.3 is 12.9 Å². The van der Waals surface area contributed by atoms with Gasteiger partial charge in [0, 0.05) is 6.42 Å². The summed E-state index contributed by atoms with van der Waals surface area (Å²) in [6.45, 7) is -5.03. The normalized spacial score (nSPS) is 22.4. The molecule has 0 spiro atoms. The molecule has 0 aromatic heterocycles. The minimum absolute atomic E-state index is 0. The molecule has 0 nitrogen and oxygen atoms in total. The molecular weight excluding hydrogens is 253 g/mol. The van der Waals surface area contributed by atoms with Crippen LogP contribution in [0.1, 0.15) is 17.9 Å². The summed E-state index contributed by atoms with van der Waals surface area (Å²) in [5.41, 5.74) is -0.466. The van der Waals surface area contributed by atoms with Crippen molar-refractivity contribution in [1.82, 2.24) is 0 Å².